The van der Waals surface area contributed by atoms with Crippen LogP contribution in [0.5, 0.6) is 0 Å². The summed E-state index contributed by atoms with van der Waals surface area (Å²) in [7, 11) is 0. The van der Waals surface area contributed by atoms with Gasteiger partial charge < -0.3 is 14.2 Å². The molecule has 0 aliphatic rings. The minimum absolute atomic E-state index is 0.124. The highest BCUT2D eigenvalue weighted by Gasteiger charge is 2.19. The molecule has 0 fully saturated rings. The molecule has 0 N–H and O–H groups in total. The molecule has 6 heteroatoms. The zero-order chi connectivity index (χ0) is 45.8. The van der Waals surface area contributed by atoms with Gasteiger partial charge >= 0.3 is 17.9 Å². The van der Waals surface area contributed by atoms with Crippen molar-refractivity contribution in [3.63, 3.8) is 0 Å². The van der Waals surface area contributed by atoms with E-state index in [2.05, 4.69) is 93.7 Å². The van der Waals surface area contributed by atoms with Gasteiger partial charge in [0, 0.05) is 19.3 Å². The summed E-state index contributed by atoms with van der Waals surface area (Å²) >= 11 is 0. The lowest BCUT2D eigenvalue weighted by Crippen LogP contribution is -2.30. The van der Waals surface area contributed by atoms with Crippen molar-refractivity contribution in [2.24, 2.45) is 0 Å². The highest BCUT2D eigenvalue weighted by atomic mass is 16.6. The van der Waals surface area contributed by atoms with Gasteiger partial charge in [0.25, 0.3) is 0 Å². The van der Waals surface area contributed by atoms with E-state index in [0.717, 1.165) is 83.5 Å². The van der Waals surface area contributed by atoms with E-state index in [0.29, 0.717) is 19.3 Å². The van der Waals surface area contributed by atoms with Crippen molar-refractivity contribution in [1.82, 2.24) is 0 Å². The van der Waals surface area contributed by atoms with Crippen molar-refractivity contribution in [1.29, 1.82) is 0 Å². The van der Waals surface area contributed by atoms with Crippen LogP contribution in [0, 0.1) is 0 Å². The van der Waals surface area contributed by atoms with Gasteiger partial charge in [0.15, 0.2) is 6.10 Å². The lowest BCUT2D eigenvalue weighted by Gasteiger charge is -2.18. The number of carbonyl (C=O) groups is 3. The maximum atomic E-state index is 12.8. The Morgan fingerprint density at radius 1 is 0.349 bits per heavy atom. The lowest BCUT2D eigenvalue weighted by atomic mass is 10.1. The molecule has 63 heavy (non-hydrogen) atoms. The number of hydrogen-bond donors (Lipinski definition) is 0. The number of rotatable bonds is 42. The first kappa shape index (κ1) is 58.6. The predicted molar refractivity (Wildman–Crippen MR) is 269 cm³/mol. The predicted octanol–water partition coefficient (Wildman–Crippen LogP) is 16.3. The second-order valence-corrected chi connectivity index (χ2v) is 15.8. The third-order valence-electron chi connectivity index (χ3n) is 9.77. The summed E-state index contributed by atoms with van der Waals surface area (Å²) in [6, 6.07) is 0. The van der Waals surface area contributed by atoms with Gasteiger partial charge in [-0.3, -0.25) is 14.4 Å². The van der Waals surface area contributed by atoms with E-state index < -0.39 is 6.10 Å². The molecule has 0 saturated heterocycles. The molecular weight excluding hydrogens is 781 g/mol. The summed E-state index contributed by atoms with van der Waals surface area (Å²) in [4.78, 5) is 37.9. The molecule has 0 aromatic rings. The Morgan fingerprint density at radius 3 is 1.24 bits per heavy atom. The number of hydrogen-bond acceptors (Lipinski definition) is 6. The fourth-order valence-electron chi connectivity index (χ4n) is 6.03. The van der Waals surface area contributed by atoms with Crippen LogP contribution in [0.3, 0.4) is 0 Å². The zero-order valence-corrected chi connectivity index (χ0v) is 40.0. The number of esters is 3. The summed E-state index contributed by atoms with van der Waals surface area (Å²) in [6.07, 6.45) is 70.0. The summed E-state index contributed by atoms with van der Waals surface area (Å²) in [6.45, 7) is 6.30. The molecule has 0 bridgehead atoms. The highest BCUT2D eigenvalue weighted by Crippen LogP contribution is 2.11. The van der Waals surface area contributed by atoms with E-state index in [1.807, 2.05) is 60.8 Å². The lowest BCUT2D eigenvalue weighted by molar-refractivity contribution is -0.167. The second-order valence-electron chi connectivity index (χ2n) is 15.8. The number of unbranched alkanes of at least 4 members (excludes halogenated alkanes) is 14. The smallest absolute Gasteiger partial charge is 0.306 e. The number of ether oxygens (including phenoxy) is 3. The zero-order valence-electron chi connectivity index (χ0n) is 40.0. The largest absolute Gasteiger partial charge is 0.462 e. The molecule has 0 saturated carbocycles. The van der Waals surface area contributed by atoms with E-state index in [1.165, 1.54) is 51.4 Å². The van der Waals surface area contributed by atoms with E-state index in [-0.39, 0.29) is 44.0 Å². The van der Waals surface area contributed by atoms with Crippen LogP contribution in [0.15, 0.2) is 134 Å². The Hall–Kier alpha value is -4.45. The second kappa shape index (κ2) is 50.2. The van der Waals surface area contributed by atoms with E-state index in [9.17, 15) is 14.4 Å². The van der Waals surface area contributed by atoms with Crippen LogP contribution in [-0.2, 0) is 28.6 Å². The molecular formula is C57H88O6. The van der Waals surface area contributed by atoms with Gasteiger partial charge in [0.1, 0.15) is 13.2 Å². The summed E-state index contributed by atoms with van der Waals surface area (Å²) in [5, 5.41) is 0. The maximum absolute atomic E-state index is 12.8. The summed E-state index contributed by atoms with van der Waals surface area (Å²) in [5.74, 6) is -1.05. The van der Waals surface area contributed by atoms with Crippen LogP contribution >= 0.6 is 0 Å². The third kappa shape index (κ3) is 48.4. The SMILES string of the molecule is CC\C=C/C=C\C=C/C=C\C=C\C=C/CCCCCC(=O)OCC(COC(=O)CCCCCCC/C=C\CCCC)OC(=O)CCC/C=C\C/C=C\C/C=C\C/C=C\CCCCC. The van der Waals surface area contributed by atoms with Crippen LogP contribution in [0.2, 0.25) is 0 Å². The average molecular weight is 869 g/mol. The molecule has 0 rings (SSSR count). The first-order chi connectivity index (χ1) is 31.0. The van der Waals surface area contributed by atoms with Crippen molar-refractivity contribution in [2.75, 3.05) is 13.2 Å². The van der Waals surface area contributed by atoms with Crippen molar-refractivity contribution in [3.05, 3.63) is 134 Å². The Bertz CT molecular complexity index is 1420. The normalized spacial score (nSPS) is 13.3. The van der Waals surface area contributed by atoms with Crippen molar-refractivity contribution in [3.8, 4) is 0 Å². The van der Waals surface area contributed by atoms with E-state index >= 15 is 0 Å². The summed E-state index contributed by atoms with van der Waals surface area (Å²) in [5.41, 5.74) is 0. The highest BCUT2D eigenvalue weighted by molar-refractivity contribution is 5.71. The number of allylic oxidation sites excluding steroid dienone is 22. The number of carbonyl (C=O) groups excluding carboxylic acids is 3. The standard InChI is InChI=1S/C57H88O6/c1-4-7-10-13-16-19-22-24-26-28-30-32-35-38-41-44-47-50-56(59)62-53-54(52-61-55(58)49-46-43-40-37-34-21-18-15-12-9-6-3)63-57(60)51-48-45-42-39-36-33-31-29-27-25-23-20-17-14-11-8-5-2/h7,10,13,15-20,22,24-28,30-33,35,39,42,54H,4-6,8-9,11-12,14,21,23,29,34,36-38,40-41,43-53H2,1-3H3/b10-7-,16-13-,18-15-,20-17-,22-19-,26-24-,27-25-,30-28+,33-31-,35-32-,42-39-. The van der Waals surface area contributed by atoms with Gasteiger partial charge in [0.2, 0.25) is 0 Å². The molecule has 0 aliphatic heterocycles. The molecule has 0 radical (unpaired) electrons. The molecule has 0 aromatic carbocycles. The van der Waals surface area contributed by atoms with E-state index in [1.54, 1.807) is 0 Å². The Balaban J connectivity index is 4.61. The maximum Gasteiger partial charge on any atom is 0.306 e. The van der Waals surface area contributed by atoms with Crippen molar-refractivity contribution >= 4 is 17.9 Å². The molecule has 6 nitrogen and oxygen atoms in total. The topological polar surface area (TPSA) is 78.9 Å². The van der Waals surface area contributed by atoms with Gasteiger partial charge in [0.05, 0.1) is 0 Å². The van der Waals surface area contributed by atoms with Gasteiger partial charge in [-0.05, 0) is 96.3 Å². The molecule has 1 unspecified atom stereocenters. The minimum Gasteiger partial charge on any atom is -0.462 e. The van der Waals surface area contributed by atoms with E-state index in [4.69, 9.17) is 14.2 Å². The quantitative estimate of drug-likeness (QED) is 0.0200. The minimum atomic E-state index is -0.832. The Labute approximate surface area is 385 Å². The molecule has 352 valence electrons. The molecule has 0 aliphatic carbocycles. The van der Waals surface area contributed by atoms with Crippen molar-refractivity contribution < 1.29 is 28.6 Å². The van der Waals surface area contributed by atoms with Gasteiger partial charge in [-0.25, -0.2) is 0 Å². The fraction of sp³-hybridized carbons (Fsp3) is 0.561. The third-order valence-corrected chi connectivity index (χ3v) is 9.77. The van der Waals surface area contributed by atoms with Crippen LogP contribution in [0.4, 0.5) is 0 Å². The first-order valence-electron chi connectivity index (χ1n) is 24.8. The summed E-state index contributed by atoms with van der Waals surface area (Å²) < 4.78 is 16.7. The van der Waals surface area contributed by atoms with Gasteiger partial charge in [-0.15, -0.1) is 0 Å². The Morgan fingerprint density at radius 2 is 0.714 bits per heavy atom. The van der Waals surface area contributed by atoms with Crippen LogP contribution < -0.4 is 0 Å². The van der Waals surface area contributed by atoms with Gasteiger partial charge in [-0.2, -0.15) is 0 Å². The molecule has 0 amide bonds. The molecule has 0 spiro atoms. The molecule has 0 heterocycles. The monoisotopic (exact) mass is 869 g/mol. The fourth-order valence-corrected chi connectivity index (χ4v) is 6.03. The van der Waals surface area contributed by atoms with Gasteiger partial charge in [-0.1, -0.05) is 206 Å². The van der Waals surface area contributed by atoms with Crippen LogP contribution in [0.1, 0.15) is 188 Å². The van der Waals surface area contributed by atoms with Crippen LogP contribution in [-0.4, -0.2) is 37.2 Å². The molecule has 1 atom stereocenters. The van der Waals surface area contributed by atoms with Crippen LogP contribution in [0.25, 0.3) is 0 Å². The Kier molecular flexibility index (Phi) is 46.7. The molecule has 0 aromatic heterocycles. The van der Waals surface area contributed by atoms with Crippen molar-refractivity contribution in [2.45, 2.75) is 194 Å². The average Bonchev–Trinajstić information content (AvgIpc) is 3.28. The first-order valence-corrected chi connectivity index (χ1v) is 24.8.